The number of halogens is 1. The molecule has 1 aromatic carbocycles. The van der Waals surface area contributed by atoms with Crippen LogP contribution in [0.2, 0.25) is 5.02 Å². The molecule has 0 spiro atoms. The van der Waals surface area contributed by atoms with Crippen LogP contribution in [0.3, 0.4) is 0 Å². The van der Waals surface area contributed by atoms with Crippen molar-refractivity contribution < 1.29 is 0 Å². The molecule has 1 aliphatic rings. The minimum absolute atomic E-state index is 0.827. The van der Waals surface area contributed by atoms with E-state index in [4.69, 9.17) is 11.6 Å². The zero-order valence-electron chi connectivity index (χ0n) is 9.01. The fraction of sp³-hybridized carbons (Fsp3) is 0.538. The van der Waals surface area contributed by atoms with Gasteiger partial charge in [0.05, 0.1) is 0 Å². The average Bonchev–Trinajstić information content (AvgIpc) is 2.15. The Morgan fingerprint density at radius 1 is 1.33 bits per heavy atom. The lowest BCUT2D eigenvalue weighted by molar-refractivity contribution is 0.292. The summed E-state index contributed by atoms with van der Waals surface area (Å²) in [5.74, 6) is 0.997. The van der Waals surface area contributed by atoms with Gasteiger partial charge in [-0.05, 0) is 36.6 Å². The Morgan fingerprint density at radius 2 is 2.20 bits per heavy atom. The summed E-state index contributed by atoms with van der Waals surface area (Å²) in [6, 6.07) is 8.06. The summed E-state index contributed by atoms with van der Waals surface area (Å²) in [5, 5.41) is 4.30. The van der Waals surface area contributed by atoms with Gasteiger partial charge in [-0.1, -0.05) is 43.0 Å². The van der Waals surface area contributed by atoms with Crippen molar-refractivity contribution in [1.82, 2.24) is 5.32 Å². The highest BCUT2D eigenvalue weighted by Gasteiger charge is 2.15. The quantitative estimate of drug-likeness (QED) is 0.752. The molecule has 0 heterocycles. The molecule has 0 atom stereocenters. The van der Waals surface area contributed by atoms with Crippen LogP contribution in [0.1, 0.15) is 31.2 Å². The highest BCUT2D eigenvalue weighted by molar-refractivity contribution is 6.30. The Bertz CT molecular complexity index is 307. The highest BCUT2D eigenvalue weighted by atomic mass is 35.5. The Hall–Kier alpha value is -0.530. The second-order valence-electron chi connectivity index (χ2n) is 4.39. The summed E-state index contributed by atoms with van der Waals surface area (Å²) in [6.07, 6.45) is 5.66. The van der Waals surface area contributed by atoms with Crippen molar-refractivity contribution in [2.24, 2.45) is 5.92 Å². The molecule has 0 radical (unpaired) electrons. The van der Waals surface area contributed by atoms with Crippen molar-refractivity contribution in [3.05, 3.63) is 34.9 Å². The van der Waals surface area contributed by atoms with Gasteiger partial charge in [0.25, 0.3) is 0 Å². The third-order valence-corrected chi connectivity index (χ3v) is 3.41. The molecule has 2 heteroatoms. The molecule has 2 rings (SSSR count). The number of nitrogens with one attached hydrogen (secondary N) is 1. The van der Waals surface area contributed by atoms with Crippen molar-refractivity contribution in [2.45, 2.75) is 32.2 Å². The summed E-state index contributed by atoms with van der Waals surface area (Å²) in [5.41, 5.74) is 1.27. The van der Waals surface area contributed by atoms with E-state index in [0.29, 0.717) is 0 Å². The summed E-state index contributed by atoms with van der Waals surface area (Å²) in [7, 11) is 0. The smallest absolute Gasteiger partial charge is 0.0409 e. The summed E-state index contributed by atoms with van der Waals surface area (Å²) in [6.45, 7) is 2.07. The lowest BCUT2D eigenvalue weighted by Gasteiger charge is -2.25. The fourth-order valence-corrected chi connectivity index (χ4v) is 2.18. The first kappa shape index (κ1) is 11.0. The van der Waals surface area contributed by atoms with E-state index in [0.717, 1.165) is 24.0 Å². The van der Waals surface area contributed by atoms with Gasteiger partial charge in [0.1, 0.15) is 0 Å². The lowest BCUT2D eigenvalue weighted by atomic mass is 9.83. The van der Waals surface area contributed by atoms with Crippen LogP contribution in [-0.4, -0.2) is 6.54 Å². The largest absolute Gasteiger partial charge is 0.313 e. The number of benzene rings is 1. The van der Waals surface area contributed by atoms with Gasteiger partial charge in [-0.2, -0.15) is 0 Å². The van der Waals surface area contributed by atoms with E-state index in [1.54, 1.807) is 0 Å². The van der Waals surface area contributed by atoms with E-state index in [1.807, 2.05) is 18.2 Å². The van der Waals surface area contributed by atoms with Gasteiger partial charge in [-0.15, -0.1) is 0 Å². The van der Waals surface area contributed by atoms with Gasteiger partial charge < -0.3 is 5.32 Å². The normalized spacial score (nSPS) is 16.3. The average molecular weight is 224 g/mol. The molecule has 1 aromatic rings. The second kappa shape index (κ2) is 5.53. The maximum absolute atomic E-state index is 5.91. The van der Waals surface area contributed by atoms with Crippen molar-refractivity contribution in [3.8, 4) is 0 Å². The van der Waals surface area contributed by atoms with E-state index in [2.05, 4.69) is 11.4 Å². The van der Waals surface area contributed by atoms with Gasteiger partial charge in [0.15, 0.2) is 0 Å². The van der Waals surface area contributed by atoms with Crippen molar-refractivity contribution in [3.63, 3.8) is 0 Å². The molecule has 0 aromatic heterocycles. The van der Waals surface area contributed by atoms with Crippen LogP contribution in [-0.2, 0) is 6.54 Å². The molecule has 1 N–H and O–H groups in total. The van der Waals surface area contributed by atoms with Crippen LogP contribution >= 0.6 is 11.6 Å². The molecule has 1 fully saturated rings. The second-order valence-corrected chi connectivity index (χ2v) is 4.83. The number of hydrogen-bond donors (Lipinski definition) is 1. The van der Waals surface area contributed by atoms with E-state index >= 15 is 0 Å². The minimum atomic E-state index is 0.827. The first-order chi connectivity index (χ1) is 7.34. The van der Waals surface area contributed by atoms with E-state index in [-0.39, 0.29) is 0 Å². The van der Waals surface area contributed by atoms with E-state index in [1.165, 1.54) is 31.2 Å². The van der Waals surface area contributed by atoms with Crippen LogP contribution in [0, 0.1) is 5.92 Å². The molecule has 0 saturated heterocycles. The third kappa shape index (κ3) is 3.51. The molecule has 0 amide bonds. The van der Waals surface area contributed by atoms with Gasteiger partial charge in [-0.25, -0.2) is 0 Å². The monoisotopic (exact) mass is 223 g/mol. The molecule has 82 valence electrons. The van der Waals surface area contributed by atoms with E-state index in [9.17, 15) is 0 Å². The first-order valence-corrected chi connectivity index (χ1v) is 6.17. The fourth-order valence-electron chi connectivity index (χ4n) is 1.97. The maximum atomic E-state index is 5.91. The minimum Gasteiger partial charge on any atom is -0.313 e. The van der Waals surface area contributed by atoms with Crippen LogP contribution in [0.25, 0.3) is 0 Å². The van der Waals surface area contributed by atoms with Crippen LogP contribution in [0.15, 0.2) is 24.3 Å². The molecule has 1 aliphatic carbocycles. The molecule has 15 heavy (non-hydrogen) atoms. The van der Waals surface area contributed by atoms with Crippen LogP contribution in [0.4, 0.5) is 0 Å². The Morgan fingerprint density at radius 3 is 2.87 bits per heavy atom. The van der Waals surface area contributed by atoms with Crippen LogP contribution in [0.5, 0.6) is 0 Å². The van der Waals surface area contributed by atoms with Gasteiger partial charge >= 0.3 is 0 Å². The number of hydrogen-bond acceptors (Lipinski definition) is 1. The lowest BCUT2D eigenvalue weighted by Crippen LogP contribution is -2.21. The molecule has 0 bridgehead atoms. The van der Waals surface area contributed by atoms with Crippen molar-refractivity contribution >= 4 is 11.6 Å². The Kier molecular flexibility index (Phi) is 4.04. The summed E-state index contributed by atoms with van der Waals surface area (Å²) >= 11 is 5.91. The summed E-state index contributed by atoms with van der Waals surface area (Å²) < 4.78 is 0. The SMILES string of the molecule is Clc1cccc(CNCCC2CCC2)c1. The van der Waals surface area contributed by atoms with Crippen molar-refractivity contribution in [2.75, 3.05) is 6.54 Å². The summed E-state index contributed by atoms with van der Waals surface area (Å²) in [4.78, 5) is 0. The zero-order valence-corrected chi connectivity index (χ0v) is 9.76. The molecule has 1 saturated carbocycles. The first-order valence-electron chi connectivity index (χ1n) is 5.80. The van der Waals surface area contributed by atoms with Gasteiger partial charge in [-0.3, -0.25) is 0 Å². The van der Waals surface area contributed by atoms with Gasteiger partial charge in [0.2, 0.25) is 0 Å². The van der Waals surface area contributed by atoms with Crippen molar-refractivity contribution in [1.29, 1.82) is 0 Å². The van der Waals surface area contributed by atoms with Crippen LogP contribution < -0.4 is 5.32 Å². The molecule has 0 aliphatic heterocycles. The van der Waals surface area contributed by atoms with E-state index < -0.39 is 0 Å². The van der Waals surface area contributed by atoms with Gasteiger partial charge in [0, 0.05) is 11.6 Å². The predicted molar refractivity (Wildman–Crippen MR) is 65.1 cm³/mol. The Balaban J connectivity index is 1.64. The highest BCUT2D eigenvalue weighted by Crippen LogP contribution is 2.28. The molecule has 0 unspecified atom stereocenters. The molecular formula is C13H18ClN. The zero-order chi connectivity index (χ0) is 10.5. The third-order valence-electron chi connectivity index (χ3n) is 3.17. The number of rotatable bonds is 5. The predicted octanol–water partition coefficient (Wildman–Crippen LogP) is 3.62. The standard InChI is InChI=1S/C13H18ClN/c14-13-6-2-5-12(9-13)10-15-8-7-11-3-1-4-11/h2,5-6,9,11,15H,1,3-4,7-8,10H2. The topological polar surface area (TPSA) is 12.0 Å². The Labute approximate surface area is 96.8 Å². The molecule has 1 nitrogen and oxygen atoms in total. The molecular weight excluding hydrogens is 206 g/mol. The maximum Gasteiger partial charge on any atom is 0.0409 e.